The fourth-order valence-electron chi connectivity index (χ4n) is 1.30. The van der Waals surface area contributed by atoms with Crippen molar-refractivity contribution in [1.29, 1.82) is 0 Å². The second-order valence-corrected chi connectivity index (χ2v) is 6.26. The zero-order valence-electron chi connectivity index (χ0n) is 10.8. The highest BCUT2D eigenvalue weighted by molar-refractivity contribution is 7.89. The van der Waals surface area contributed by atoms with E-state index in [-0.39, 0.29) is 5.75 Å². The van der Waals surface area contributed by atoms with Crippen molar-refractivity contribution in [2.75, 3.05) is 18.8 Å². The van der Waals surface area contributed by atoms with Crippen molar-refractivity contribution in [3.63, 3.8) is 0 Å². The molecular weight excluding hydrogens is 236 g/mol. The first-order valence-corrected chi connectivity index (χ1v) is 7.77. The Morgan fingerprint density at radius 1 is 1.18 bits per heavy atom. The molecule has 5 heteroatoms. The Bertz CT molecular complexity index is 318. The summed E-state index contributed by atoms with van der Waals surface area (Å²) in [4.78, 5) is 0. The summed E-state index contributed by atoms with van der Waals surface area (Å²) in [5, 5.41) is 3.19. The molecule has 0 radical (unpaired) electrons. The summed E-state index contributed by atoms with van der Waals surface area (Å²) in [6, 6.07) is 0.398. The van der Waals surface area contributed by atoms with Gasteiger partial charge in [-0.05, 0) is 25.8 Å². The molecule has 100 valence electrons. The summed E-state index contributed by atoms with van der Waals surface area (Å²) < 4.78 is 25.6. The van der Waals surface area contributed by atoms with Crippen LogP contribution < -0.4 is 10.0 Å². The van der Waals surface area contributed by atoms with Crippen LogP contribution in [0.2, 0.25) is 0 Å². The average Bonchev–Trinajstić information content (AvgIpc) is 2.24. The SMILES string of the molecule is C#CCCCCNS(=O)(=O)CCCNC(C)C. The molecule has 0 saturated carbocycles. The van der Waals surface area contributed by atoms with Gasteiger partial charge in [0.05, 0.1) is 5.75 Å². The van der Waals surface area contributed by atoms with Crippen molar-refractivity contribution in [2.45, 2.75) is 45.6 Å². The first-order valence-electron chi connectivity index (χ1n) is 6.12. The predicted molar refractivity (Wildman–Crippen MR) is 72.2 cm³/mol. The monoisotopic (exact) mass is 260 g/mol. The van der Waals surface area contributed by atoms with Crippen molar-refractivity contribution in [2.24, 2.45) is 0 Å². The lowest BCUT2D eigenvalue weighted by Crippen LogP contribution is -2.30. The smallest absolute Gasteiger partial charge is 0.211 e. The molecule has 0 unspecified atom stereocenters. The van der Waals surface area contributed by atoms with Gasteiger partial charge in [-0.15, -0.1) is 12.3 Å². The number of hydrogen-bond donors (Lipinski definition) is 2. The largest absolute Gasteiger partial charge is 0.314 e. The van der Waals surface area contributed by atoms with E-state index < -0.39 is 10.0 Å². The Balaban J connectivity index is 3.56. The van der Waals surface area contributed by atoms with Gasteiger partial charge in [0.25, 0.3) is 0 Å². The second kappa shape index (κ2) is 9.46. The van der Waals surface area contributed by atoms with E-state index >= 15 is 0 Å². The fourth-order valence-corrected chi connectivity index (χ4v) is 2.43. The third-order valence-corrected chi connectivity index (χ3v) is 3.68. The molecule has 0 saturated heterocycles. The molecule has 0 aliphatic rings. The summed E-state index contributed by atoms with van der Waals surface area (Å²) in [5.41, 5.74) is 0. The molecule has 0 aromatic rings. The third kappa shape index (κ3) is 11.7. The zero-order valence-corrected chi connectivity index (χ0v) is 11.6. The van der Waals surface area contributed by atoms with Gasteiger partial charge in [-0.3, -0.25) is 0 Å². The van der Waals surface area contributed by atoms with Gasteiger partial charge in [0.2, 0.25) is 10.0 Å². The highest BCUT2D eigenvalue weighted by Gasteiger charge is 2.08. The summed E-state index contributed by atoms with van der Waals surface area (Å²) in [6.07, 6.45) is 8.12. The van der Waals surface area contributed by atoms with Crippen molar-refractivity contribution in [3.8, 4) is 12.3 Å². The van der Waals surface area contributed by atoms with Crippen molar-refractivity contribution in [3.05, 3.63) is 0 Å². The van der Waals surface area contributed by atoms with Crippen LogP contribution >= 0.6 is 0 Å². The minimum Gasteiger partial charge on any atom is -0.314 e. The molecule has 0 aliphatic carbocycles. The van der Waals surface area contributed by atoms with E-state index in [1.54, 1.807) is 0 Å². The minimum atomic E-state index is -3.11. The molecule has 17 heavy (non-hydrogen) atoms. The molecule has 0 aliphatic heterocycles. The van der Waals surface area contributed by atoms with Crippen LogP contribution in [0, 0.1) is 12.3 Å². The molecule has 0 heterocycles. The van der Waals surface area contributed by atoms with Crippen molar-refractivity contribution in [1.82, 2.24) is 10.0 Å². The molecule has 4 nitrogen and oxygen atoms in total. The zero-order chi connectivity index (χ0) is 13.1. The van der Waals surface area contributed by atoms with Gasteiger partial charge in [0.15, 0.2) is 0 Å². The molecule has 0 fully saturated rings. The fraction of sp³-hybridized carbons (Fsp3) is 0.833. The molecule has 0 aromatic heterocycles. The lowest BCUT2D eigenvalue weighted by Gasteiger charge is -2.09. The minimum absolute atomic E-state index is 0.182. The van der Waals surface area contributed by atoms with Gasteiger partial charge in [-0.2, -0.15) is 0 Å². The highest BCUT2D eigenvalue weighted by Crippen LogP contribution is 1.94. The Labute approximate surface area is 106 Å². The molecule has 0 amide bonds. The number of rotatable bonds is 10. The number of hydrogen-bond acceptors (Lipinski definition) is 3. The van der Waals surface area contributed by atoms with Gasteiger partial charge in [0.1, 0.15) is 0 Å². The van der Waals surface area contributed by atoms with Gasteiger partial charge in [-0.1, -0.05) is 13.8 Å². The van der Waals surface area contributed by atoms with Crippen LogP contribution in [0.5, 0.6) is 0 Å². The predicted octanol–water partition coefficient (Wildman–Crippen LogP) is 1.10. The van der Waals surface area contributed by atoms with Crippen LogP contribution in [0.25, 0.3) is 0 Å². The maximum atomic E-state index is 11.5. The van der Waals surface area contributed by atoms with Crippen LogP contribution in [-0.2, 0) is 10.0 Å². The maximum absolute atomic E-state index is 11.5. The topological polar surface area (TPSA) is 58.2 Å². The average molecular weight is 260 g/mol. The second-order valence-electron chi connectivity index (χ2n) is 4.34. The summed E-state index contributed by atoms with van der Waals surface area (Å²) in [5.74, 6) is 2.71. The van der Waals surface area contributed by atoms with Crippen molar-refractivity contribution >= 4 is 10.0 Å². The Kier molecular flexibility index (Phi) is 9.14. The molecule has 0 rings (SSSR count). The first kappa shape index (κ1) is 16.4. The molecule has 0 aromatic carbocycles. The normalized spacial score (nSPS) is 11.6. The van der Waals surface area contributed by atoms with Crippen LogP contribution in [0.15, 0.2) is 0 Å². The van der Waals surface area contributed by atoms with Gasteiger partial charge < -0.3 is 5.32 Å². The van der Waals surface area contributed by atoms with E-state index in [0.717, 1.165) is 19.4 Å². The van der Waals surface area contributed by atoms with E-state index in [0.29, 0.717) is 25.4 Å². The lowest BCUT2D eigenvalue weighted by atomic mass is 10.2. The van der Waals surface area contributed by atoms with Crippen LogP contribution in [0.4, 0.5) is 0 Å². The third-order valence-electron chi connectivity index (χ3n) is 2.21. The van der Waals surface area contributed by atoms with E-state index in [1.807, 2.05) is 13.8 Å². The number of nitrogens with one attached hydrogen (secondary N) is 2. The maximum Gasteiger partial charge on any atom is 0.211 e. The van der Waals surface area contributed by atoms with Crippen LogP contribution in [0.1, 0.15) is 39.5 Å². The summed E-state index contributed by atoms with van der Waals surface area (Å²) in [7, 11) is -3.11. The molecule has 0 atom stereocenters. The van der Waals surface area contributed by atoms with E-state index in [9.17, 15) is 8.42 Å². The Morgan fingerprint density at radius 2 is 1.88 bits per heavy atom. The quantitative estimate of drug-likeness (QED) is 0.457. The summed E-state index contributed by atoms with van der Waals surface area (Å²) in [6.45, 7) is 5.30. The molecule has 0 bridgehead atoms. The van der Waals surface area contributed by atoms with Gasteiger partial charge in [-0.25, -0.2) is 13.1 Å². The molecule has 2 N–H and O–H groups in total. The number of unbranched alkanes of at least 4 members (excludes halogenated alkanes) is 2. The van der Waals surface area contributed by atoms with E-state index in [2.05, 4.69) is 16.0 Å². The lowest BCUT2D eigenvalue weighted by molar-refractivity contribution is 0.558. The molecule has 0 spiro atoms. The van der Waals surface area contributed by atoms with Crippen molar-refractivity contribution < 1.29 is 8.42 Å². The van der Waals surface area contributed by atoms with Crippen LogP contribution in [-0.4, -0.2) is 33.3 Å². The first-order chi connectivity index (χ1) is 7.98. The highest BCUT2D eigenvalue weighted by atomic mass is 32.2. The number of terminal acetylenes is 1. The Hall–Kier alpha value is -0.570. The van der Waals surface area contributed by atoms with Gasteiger partial charge in [0, 0.05) is 19.0 Å². The number of sulfonamides is 1. The van der Waals surface area contributed by atoms with Gasteiger partial charge >= 0.3 is 0 Å². The van der Waals surface area contributed by atoms with Crippen LogP contribution in [0.3, 0.4) is 0 Å². The van der Waals surface area contributed by atoms with E-state index in [4.69, 9.17) is 6.42 Å². The Morgan fingerprint density at radius 3 is 2.47 bits per heavy atom. The standard InChI is InChI=1S/C12H24N2O2S/c1-4-5-6-7-10-14-17(15,16)11-8-9-13-12(2)3/h1,12-14H,5-11H2,2-3H3. The molecular formula is C12H24N2O2S. The van der Waals surface area contributed by atoms with E-state index in [1.165, 1.54) is 0 Å². The summed E-state index contributed by atoms with van der Waals surface area (Å²) >= 11 is 0.